The SMILES string of the molecule is CC(C)(CCC(=O)OC(C)(C)C)NS(=O)(=O)c1ccc2c(c1)CCC(=O)N2. The third-order valence-corrected chi connectivity index (χ3v) is 5.76. The molecule has 0 spiro atoms. The van der Waals surface area contributed by atoms with Gasteiger partial charge < -0.3 is 10.1 Å². The number of hydrogen-bond donors (Lipinski definition) is 2. The average Bonchev–Trinajstić information content (AvgIpc) is 2.50. The van der Waals surface area contributed by atoms with Gasteiger partial charge in [-0.25, -0.2) is 13.1 Å². The Bertz CT molecular complexity index is 838. The van der Waals surface area contributed by atoms with Crippen LogP contribution in [-0.4, -0.2) is 31.4 Å². The van der Waals surface area contributed by atoms with Crippen LogP contribution in [0.25, 0.3) is 0 Å². The Morgan fingerprint density at radius 3 is 2.48 bits per heavy atom. The summed E-state index contributed by atoms with van der Waals surface area (Å²) in [5.74, 6) is -0.432. The zero-order valence-electron chi connectivity index (χ0n) is 16.5. The summed E-state index contributed by atoms with van der Waals surface area (Å²) < 4.78 is 33.4. The average molecular weight is 397 g/mol. The van der Waals surface area contributed by atoms with E-state index in [0.29, 0.717) is 24.9 Å². The van der Waals surface area contributed by atoms with E-state index in [1.165, 1.54) is 6.07 Å². The number of anilines is 1. The molecule has 27 heavy (non-hydrogen) atoms. The van der Waals surface area contributed by atoms with Crippen molar-refractivity contribution < 1.29 is 22.7 Å². The normalized spacial score (nSPS) is 15.1. The lowest BCUT2D eigenvalue weighted by atomic mass is 10.0. The van der Waals surface area contributed by atoms with E-state index < -0.39 is 21.2 Å². The molecule has 1 aromatic carbocycles. The van der Waals surface area contributed by atoms with Gasteiger partial charge in [0.1, 0.15) is 5.60 Å². The van der Waals surface area contributed by atoms with Crippen LogP contribution in [0.15, 0.2) is 23.1 Å². The predicted octanol–water partition coefficient (Wildman–Crippen LogP) is 2.75. The van der Waals surface area contributed by atoms with Crippen molar-refractivity contribution in [3.8, 4) is 0 Å². The van der Waals surface area contributed by atoms with Crippen LogP contribution in [0, 0.1) is 0 Å². The van der Waals surface area contributed by atoms with Crippen molar-refractivity contribution in [2.75, 3.05) is 5.32 Å². The van der Waals surface area contributed by atoms with Gasteiger partial charge in [0.2, 0.25) is 15.9 Å². The van der Waals surface area contributed by atoms with Gasteiger partial charge in [0.05, 0.1) is 4.90 Å². The first-order valence-electron chi connectivity index (χ1n) is 8.96. The van der Waals surface area contributed by atoms with Crippen LogP contribution < -0.4 is 10.0 Å². The number of hydrogen-bond acceptors (Lipinski definition) is 5. The molecule has 0 bridgehead atoms. The van der Waals surface area contributed by atoms with Crippen LogP contribution in [0.2, 0.25) is 0 Å². The number of sulfonamides is 1. The zero-order chi connectivity index (χ0) is 20.5. The van der Waals surface area contributed by atoms with Crippen LogP contribution in [0.4, 0.5) is 5.69 Å². The molecule has 0 aliphatic carbocycles. The molecule has 8 heteroatoms. The highest BCUT2D eigenvalue weighted by Crippen LogP contribution is 2.26. The maximum atomic E-state index is 12.8. The van der Waals surface area contributed by atoms with Gasteiger partial charge in [-0.05, 0) is 71.2 Å². The number of carbonyl (C=O) groups is 2. The van der Waals surface area contributed by atoms with Crippen LogP contribution in [0.3, 0.4) is 0 Å². The zero-order valence-corrected chi connectivity index (χ0v) is 17.3. The minimum absolute atomic E-state index is 0.0699. The lowest BCUT2D eigenvalue weighted by Gasteiger charge is -2.27. The summed E-state index contributed by atoms with van der Waals surface area (Å²) in [4.78, 5) is 23.5. The van der Waals surface area contributed by atoms with Crippen molar-refractivity contribution in [1.82, 2.24) is 4.72 Å². The number of carbonyl (C=O) groups excluding carboxylic acids is 2. The first-order chi connectivity index (χ1) is 12.3. The lowest BCUT2D eigenvalue weighted by Crippen LogP contribution is -2.43. The molecule has 0 unspecified atom stereocenters. The highest BCUT2D eigenvalue weighted by Gasteiger charge is 2.29. The Hall–Kier alpha value is -1.93. The van der Waals surface area contributed by atoms with E-state index in [9.17, 15) is 18.0 Å². The van der Waals surface area contributed by atoms with E-state index in [4.69, 9.17) is 4.74 Å². The number of fused-ring (bicyclic) bond motifs is 1. The fourth-order valence-corrected chi connectivity index (χ4v) is 4.30. The molecule has 7 nitrogen and oxygen atoms in total. The summed E-state index contributed by atoms with van der Waals surface area (Å²) in [6.45, 7) is 8.83. The Balaban J connectivity index is 2.06. The maximum Gasteiger partial charge on any atom is 0.306 e. The highest BCUT2D eigenvalue weighted by atomic mass is 32.2. The quantitative estimate of drug-likeness (QED) is 0.720. The van der Waals surface area contributed by atoms with Gasteiger partial charge in [-0.15, -0.1) is 0 Å². The summed E-state index contributed by atoms with van der Waals surface area (Å²) in [7, 11) is -3.76. The number of nitrogens with one attached hydrogen (secondary N) is 2. The number of ether oxygens (including phenoxy) is 1. The molecule has 0 atom stereocenters. The summed E-state index contributed by atoms with van der Waals surface area (Å²) in [5.41, 5.74) is 0.0532. The first kappa shape index (κ1) is 21.4. The second kappa shape index (κ2) is 7.59. The highest BCUT2D eigenvalue weighted by molar-refractivity contribution is 7.89. The van der Waals surface area contributed by atoms with Crippen LogP contribution in [0.5, 0.6) is 0 Å². The van der Waals surface area contributed by atoms with Gasteiger partial charge in [0.25, 0.3) is 0 Å². The number of esters is 1. The van der Waals surface area contributed by atoms with E-state index >= 15 is 0 Å². The third kappa shape index (κ3) is 6.32. The number of benzene rings is 1. The predicted molar refractivity (Wildman–Crippen MR) is 103 cm³/mol. The van der Waals surface area contributed by atoms with E-state index in [1.807, 2.05) is 0 Å². The molecule has 1 heterocycles. The van der Waals surface area contributed by atoms with E-state index in [-0.39, 0.29) is 23.2 Å². The van der Waals surface area contributed by atoms with Gasteiger partial charge in [0, 0.05) is 24.1 Å². The van der Waals surface area contributed by atoms with Crippen molar-refractivity contribution in [2.24, 2.45) is 0 Å². The van der Waals surface area contributed by atoms with Crippen molar-refractivity contribution in [3.05, 3.63) is 23.8 Å². The van der Waals surface area contributed by atoms with E-state index in [0.717, 1.165) is 5.56 Å². The van der Waals surface area contributed by atoms with Crippen molar-refractivity contribution >= 4 is 27.6 Å². The molecule has 2 N–H and O–H groups in total. The standard InChI is InChI=1S/C19H28N2O5S/c1-18(2,3)26-17(23)10-11-19(4,5)21-27(24,25)14-7-8-15-13(12-14)6-9-16(22)20-15/h7-8,12,21H,6,9-11H2,1-5H3,(H,20,22). The summed E-state index contributed by atoms with van der Waals surface area (Å²) >= 11 is 0. The van der Waals surface area contributed by atoms with E-state index in [2.05, 4.69) is 10.0 Å². The Labute approximate surface area is 160 Å². The molecule has 1 aliphatic heterocycles. The monoisotopic (exact) mass is 396 g/mol. The molecule has 2 rings (SSSR count). The number of rotatable bonds is 6. The molecule has 0 fully saturated rings. The smallest absolute Gasteiger partial charge is 0.306 e. The van der Waals surface area contributed by atoms with Crippen LogP contribution in [0.1, 0.15) is 59.4 Å². The molecular weight excluding hydrogens is 368 g/mol. The maximum absolute atomic E-state index is 12.8. The Kier molecular flexibility index (Phi) is 6.01. The van der Waals surface area contributed by atoms with Crippen molar-refractivity contribution in [3.63, 3.8) is 0 Å². The molecule has 150 valence electrons. The summed E-state index contributed by atoms with van der Waals surface area (Å²) in [5, 5.41) is 2.73. The fourth-order valence-electron chi connectivity index (χ4n) is 2.81. The van der Waals surface area contributed by atoms with Crippen molar-refractivity contribution in [2.45, 2.75) is 76.3 Å². The Morgan fingerprint density at radius 1 is 1.19 bits per heavy atom. The minimum Gasteiger partial charge on any atom is -0.460 e. The second-order valence-electron chi connectivity index (χ2n) is 8.44. The first-order valence-corrected chi connectivity index (χ1v) is 10.4. The van der Waals surface area contributed by atoms with Crippen LogP contribution in [-0.2, 0) is 30.8 Å². The molecule has 0 aromatic heterocycles. The van der Waals surface area contributed by atoms with Gasteiger partial charge in [-0.2, -0.15) is 0 Å². The van der Waals surface area contributed by atoms with Crippen LogP contribution >= 0.6 is 0 Å². The van der Waals surface area contributed by atoms with E-state index in [1.54, 1.807) is 46.8 Å². The van der Waals surface area contributed by atoms with Gasteiger partial charge in [0.15, 0.2) is 0 Å². The summed E-state index contributed by atoms with van der Waals surface area (Å²) in [6, 6.07) is 4.66. The van der Waals surface area contributed by atoms with Gasteiger partial charge >= 0.3 is 5.97 Å². The molecule has 1 aromatic rings. The number of amides is 1. The lowest BCUT2D eigenvalue weighted by molar-refractivity contribution is -0.155. The minimum atomic E-state index is -3.76. The molecule has 0 saturated heterocycles. The molecular formula is C19H28N2O5S. The fraction of sp³-hybridized carbons (Fsp3) is 0.579. The third-order valence-electron chi connectivity index (χ3n) is 4.07. The molecule has 1 aliphatic rings. The molecule has 0 radical (unpaired) electrons. The number of aryl methyl sites for hydroxylation is 1. The summed E-state index contributed by atoms with van der Waals surface area (Å²) in [6.07, 6.45) is 1.27. The largest absolute Gasteiger partial charge is 0.460 e. The van der Waals surface area contributed by atoms with Crippen molar-refractivity contribution in [1.29, 1.82) is 0 Å². The second-order valence-corrected chi connectivity index (χ2v) is 10.1. The Morgan fingerprint density at radius 2 is 1.85 bits per heavy atom. The topological polar surface area (TPSA) is 102 Å². The molecule has 0 saturated carbocycles. The van der Waals surface area contributed by atoms with Gasteiger partial charge in [-0.1, -0.05) is 0 Å². The van der Waals surface area contributed by atoms with Gasteiger partial charge in [-0.3, -0.25) is 9.59 Å². The molecule has 1 amide bonds.